The predicted molar refractivity (Wildman–Crippen MR) is 51.7 cm³/mol. The summed E-state index contributed by atoms with van der Waals surface area (Å²) in [5, 5.41) is 0. The van der Waals surface area contributed by atoms with Gasteiger partial charge in [-0.2, -0.15) is 0 Å². The van der Waals surface area contributed by atoms with Gasteiger partial charge in [0.2, 0.25) is 0 Å². The van der Waals surface area contributed by atoms with Gasteiger partial charge in [-0.3, -0.25) is 0 Å². The standard InChI is InChI=1S/C9H7I/c1-2-3-8-4-6-9(10)7-5-8/h1,4-7H,3H2. The summed E-state index contributed by atoms with van der Waals surface area (Å²) in [5.74, 6) is 2.60. The summed E-state index contributed by atoms with van der Waals surface area (Å²) in [6.07, 6.45) is 5.88. The largest absolute Gasteiger partial charge is 0.120 e. The van der Waals surface area contributed by atoms with E-state index in [9.17, 15) is 0 Å². The van der Waals surface area contributed by atoms with Crippen molar-refractivity contribution in [3.05, 3.63) is 33.4 Å². The molecule has 0 nitrogen and oxygen atoms in total. The fourth-order valence-electron chi connectivity index (χ4n) is 0.720. The van der Waals surface area contributed by atoms with Gasteiger partial charge >= 0.3 is 0 Å². The van der Waals surface area contributed by atoms with E-state index in [0.717, 1.165) is 6.42 Å². The molecule has 0 heterocycles. The van der Waals surface area contributed by atoms with Crippen LogP contribution in [-0.2, 0) is 6.42 Å². The molecule has 0 aliphatic rings. The molecule has 10 heavy (non-hydrogen) atoms. The molecule has 0 atom stereocenters. The smallest absolute Gasteiger partial charge is 0.0337 e. The van der Waals surface area contributed by atoms with E-state index in [1.807, 2.05) is 0 Å². The fraction of sp³-hybridized carbons (Fsp3) is 0.111. The molecule has 1 aromatic carbocycles. The SMILES string of the molecule is C#CCc1ccc(I)cc1. The number of halogens is 1. The molecule has 0 aliphatic heterocycles. The summed E-state index contributed by atoms with van der Waals surface area (Å²) in [5.41, 5.74) is 1.21. The molecule has 0 fully saturated rings. The summed E-state index contributed by atoms with van der Waals surface area (Å²) in [6.45, 7) is 0. The third kappa shape index (κ3) is 2.03. The van der Waals surface area contributed by atoms with E-state index in [0.29, 0.717) is 0 Å². The fourth-order valence-corrected chi connectivity index (χ4v) is 1.08. The van der Waals surface area contributed by atoms with Crippen LogP contribution < -0.4 is 0 Å². The van der Waals surface area contributed by atoms with Crippen molar-refractivity contribution in [2.45, 2.75) is 6.42 Å². The second-order valence-electron chi connectivity index (χ2n) is 2.01. The highest BCUT2D eigenvalue weighted by molar-refractivity contribution is 14.1. The topological polar surface area (TPSA) is 0 Å². The first-order chi connectivity index (χ1) is 4.83. The van der Waals surface area contributed by atoms with Crippen molar-refractivity contribution in [2.75, 3.05) is 0 Å². The monoisotopic (exact) mass is 242 g/mol. The molecule has 0 radical (unpaired) electrons. The maximum absolute atomic E-state index is 5.15. The molecule has 1 rings (SSSR count). The van der Waals surface area contributed by atoms with Gasteiger partial charge in [0.15, 0.2) is 0 Å². The van der Waals surface area contributed by atoms with Crippen molar-refractivity contribution in [3.63, 3.8) is 0 Å². The first-order valence-corrected chi connectivity index (χ1v) is 4.08. The zero-order valence-corrected chi connectivity index (χ0v) is 7.63. The quantitative estimate of drug-likeness (QED) is 0.524. The minimum absolute atomic E-state index is 0.733. The Labute approximate surface area is 74.8 Å². The lowest BCUT2D eigenvalue weighted by Gasteiger charge is -1.93. The van der Waals surface area contributed by atoms with Gasteiger partial charge < -0.3 is 0 Å². The summed E-state index contributed by atoms with van der Waals surface area (Å²) in [4.78, 5) is 0. The molecule has 0 N–H and O–H groups in total. The van der Waals surface area contributed by atoms with Crippen molar-refractivity contribution in [3.8, 4) is 12.3 Å². The van der Waals surface area contributed by atoms with Gasteiger partial charge in [0.05, 0.1) is 0 Å². The first-order valence-electron chi connectivity index (χ1n) is 3.01. The molecule has 0 bridgehead atoms. The van der Waals surface area contributed by atoms with E-state index >= 15 is 0 Å². The van der Waals surface area contributed by atoms with E-state index < -0.39 is 0 Å². The van der Waals surface area contributed by atoms with Crippen LogP contribution in [0.15, 0.2) is 24.3 Å². The molecule has 1 heteroatoms. The molecule has 0 unspecified atom stereocenters. The van der Waals surface area contributed by atoms with Crippen LogP contribution in [0.2, 0.25) is 0 Å². The molecular formula is C9H7I. The number of rotatable bonds is 1. The number of hydrogen-bond donors (Lipinski definition) is 0. The Balaban J connectivity index is 2.81. The van der Waals surface area contributed by atoms with Gasteiger partial charge in [0.1, 0.15) is 0 Å². The van der Waals surface area contributed by atoms with Gasteiger partial charge in [0.25, 0.3) is 0 Å². The average Bonchev–Trinajstić information content (AvgIpc) is 1.95. The lowest BCUT2D eigenvalue weighted by atomic mass is 10.2. The van der Waals surface area contributed by atoms with Crippen LogP contribution in [0.5, 0.6) is 0 Å². The van der Waals surface area contributed by atoms with Crippen LogP contribution in [0, 0.1) is 15.9 Å². The van der Waals surface area contributed by atoms with Crippen molar-refractivity contribution in [1.82, 2.24) is 0 Å². The van der Waals surface area contributed by atoms with Crippen LogP contribution in [-0.4, -0.2) is 0 Å². The van der Waals surface area contributed by atoms with E-state index in [2.05, 4.69) is 52.8 Å². The van der Waals surface area contributed by atoms with Gasteiger partial charge in [-0.05, 0) is 40.3 Å². The molecule has 0 saturated carbocycles. The van der Waals surface area contributed by atoms with Crippen molar-refractivity contribution < 1.29 is 0 Å². The Morgan fingerprint density at radius 2 is 1.90 bits per heavy atom. The second-order valence-corrected chi connectivity index (χ2v) is 3.25. The maximum Gasteiger partial charge on any atom is 0.0337 e. The third-order valence-corrected chi connectivity index (χ3v) is 1.94. The highest BCUT2D eigenvalue weighted by Crippen LogP contribution is 2.06. The van der Waals surface area contributed by atoms with E-state index in [-0.39, 0.29) is 0 Å². The molecule has 0 spiro atoms. The molecule has 0 aromatic heterocycles. The molecule has 50 valence electrons. The van der Waals surface area contributed by atoms with Gasteiger partial charge in [-0.1, -0.05) is 12.1 Å². The van der Waals surface area contributed by atoms with E-state index in [1.54, 1.807) is 0 Å². The van der Waals surface area contributed by atoms with Crippen LogP contribution in [0.3, 0.4) is 0 Å². The molecular weight excluding hydrogens is 235 g/mol. The summed E-state index contributed by atoms with van der Waals surface area (Å²) < 4.78 is 1.25. The normalized spacial score (nSPS) is 8.80. The number of benzene rings is 1. The van der Waals surface area contributed by atoms with Crippen LogP contribution >= 0.6 is 22.6 Å². The minimum atomic E-state index is 0.733. The van der Waals surface area contributed by atoms with Crippen molar-refractivity contribution in [2.24, 2.45) is 0 Å². The van der Waals surface area contributed by atoms with Crippen LogP contribution in [0.4, 0.5) is 0 Å². The van der Waals surface area contributed by atoms with Gasteiger partial charge in [-0.15, -0.1) is 12.3 Å². The Kier molecular flexibility index (Phi) is 2.76. The first kappa shape index (κ1) is 7.62. The number of terminal acetylenes is 1. The van der Waals surface area contributed by atoms with Crippen LogP contribution in [0.25, 0.3) is 0 Å². The Morgan fingerprint density at radius 1 is 1.30 bits per heavy atom. The lowest BCUT2D eigenvalue weighted by molar-refractivity contribution is 1.32. The molecule has 1 aromatic rings. The Hall–Kier alpha value is -0.490. The highest BCUT2D eigenvalue weighted by Gasteiger charge is 1.87. The zero-order chi connectivity index (χ0) is 7.40. The second kappa shape index (κ2) is 3.62. The predicted octanol–water partition coefficient (Wildman–Crippen LogP) is 2.47. The van der Waals surface area contributed by atoms with Gasteiger partial charge in [-0.25, -0.2) is 0 Å². The highest BCUT2D eigenvalue weighted by atomic mass is 127. The lowest BCUT2D eigenvalue weighted by Crippen LogP contribution is -1.79. The average molecular weight is 242 g/mol. The molecule has 0 saturated heterocycles. The maximum atomic E-state index is 5.15. The summed E-state index contributed by atoms with van der Waals surface area (Å²) in [7, 11) is 0. The zero-order valence-electron chi connectivity index (χ0n) is 5.47. The van der Waals surface area contributed by atoms with Crippen molar-refractivity contribution >= 4 is 22.6 Å². The summed E-state index contributed by atoms with van der Waals surface area (Å²) in [6, 6.07) is 8.24. The minimum Gasteiger partial charge on any atom is -0.120 e. The Morgan fingerprint density at radius 3 is 2.40 bits per heavy atom. The van der Waals surface area contributed by atoms with E-state index in [4.69, 9.17) is 6.42 Å². The van der Waals surface area contributed by atoms with Crippen molar-refractivity contribution in [1.29, 1.82) is 0 Å². The molecule has 0 amide bonds. The third-order valence-electron chi connectivity index (χ3n) is 1.22. The molecule has 0 aliphatic carbocycles. The summed E-state index contributed by atoms with van der Waals surface area (Å²) >= 11 is 2.27. The van der Waals surface area contributed by atoms with Gasteiger partial charge in [0, 0.05) is 9.99 Å². The number of hydrogen-bond acceptors (Lipinski definition) is 0. The van der Waals surface area contributed by atoms with Crippen LogP contribution in [0.1, 0.15) is 5.56 Å². The van der Waals surface area contributed by atoms with E-state index in [1.165, 1.54) is 9.13 Å². The Bertz CT molecular complexity index is 240.